The summed E-state index contributed by atoms with van der Waals surface area (Å²) in [6.07, 6.45) is 3.79. The van der Waals surface area contributed by atoms with Gasteiger partial charge in [-0.2, -0.15) is 5.10 Å². The van der Waals surface area contributed by atoms with Gasteiger partial charge in [-0.3, -0.25) is 9.48 Å². The van der Waals surface area contributed by atoms with E-state index in [2.05, 4.69) is 31.2 Å². The lowest BCUT2D eigenvalue weighted by molar-refractivity contribution is 0.100. The summed E-state index contributed by atoms with van der Waals surface area (Å²) in [6, 6.07) is 4.91. The Morgan fingerprint density at radius 2 is 2.14 bits per heavy atom. The summed E-state index contributed by atoms with van der Waals surface area (Å²) in [5.74, 6) is -0.477. The summed E-state index contributed by atoms with van der Waals surface area (Å²) in [4.78, 5) is 11.2. The third-order valence-electron chi connectivity index (χ3n) is 3.06. The van der Waals surface area contributed by atoms with Crippen LogP contribution in [0.5, 0.6) is 0 Å². The lowest BCUT2D eigenvalue weighted by Gasteiger charge is -2.18. The Morgan fingerprint density at radius 3 is 2.71 bits per heavy atom. The van der Waals surface area contributed by atoms with Crippen molar-refractivity contribution in [1.82, 2.24) is 9.78 Å². The molecule has 0 saturated heterocycles. The summed E-state index contributed by atoms with van der Waals surface area (Å²) < 4.78 is 1.91. The number of benzene rings is 1. The number of anilines is 1. The number of nitrogens with two attached hydrogens (primary N) is 1. The van der Waals surface area contributed by atoms with Crippen molar-refractivity contribution in [3.05, 3.63) is 46.7 Å². The minimum Gasteiger partial charge on any atom is -0.380 e. The van der Waals surface area contributed by atoms with Crippen molar-refractivity contribution < 1.29 is 4.79 Å². The number of aromatic nitrogens is 2. The average molecular weight is 307 g/mol. The average Bonchev–Trinajstić information content (AvgIpc) is 2.86. The van der Waals surface area contributed by atoms with Crippen LogP contribution in [0, 0.1) is 0 Å². The summed E-state index contributed by atoms with van der Waals surface area (Å²) in [5.41, 5.74) is 7.35. The van der Waals surface area contributed by atoms with Crippen LogP contribution in [-0.2, 0) is 12.1 Å². The van der Waals surface area contributed by atoms with Crippen molar-refractivity contribution in [2.24, 2.45) is 5.73 Å². The van der Waals surface area contributed by atoms with Crippen LogP contribution in [-0.4, -0.2) is 15.7 Å². The van der Waals surface area contributed by atoms with E-state index in [1.54, 1.807) is 18.2 Å². The fraction of sp³-hybridized carbons (Fsp3) is 0.333. The second-order valence-electron chi connectivity index (χ2n) is 5.88. The molecule has 0 aliphatic rings. The van der Waals surface area contributed by atoms with Gasteiger partial charge in [-0.15, -0.1) is 0 Å². The van der Waals surface area contributed by atoms with Gasteiger partial charge >= 0.3 is 0 Å². The van der Waals surface area contributed by atoms with Crippen molar-refractivity contribution in [3.8, 4) is 0 Å². The number of nitrogens with zero attached hydrogens (tertiary/aromatic N) is 2. The fourth-order valence-electron chi connectivity index (χ4n) is 1.83. The van der Waals surface area contributed by atoms with Crippen molar-refractivity contribution in [1.29, 1.82) is 0 Å². The van der Waals surface area contributed by atoms with Gasteiger partial charge in [0.1, 0.15) is 0 Å². The molecule has 0 saturated carbocycles. The van der Waals surface area contributed by atoms with Gasteiger partial charge in [-0.05, 0) is 39.0 Å². The van der Waals surface area contributed by atoms with Crippen LogP contribution in [0.1, 0.15) is 36.7 Å². The molecule has 0 unspecified atom stereocenters. The van der Waals surface area contributed by atoms with Crippen LogP contribution in [0.4, 0.5) is 5.69 Å². The predicted octanol–water partition coefficient (Wildman–Crippen LogP) is 3.00. The standard InChI is InChI=1S/C15H19ClN4O/c1-15(2,3)20-9-10(8-19-20)7-18-13-6-11(14(17)21)4-5-12(13)16/h4-6,8-9,18H,7H2,1-3H3,(H2,17,21). The number of rotatable bonds is 4. The van der Waals surface area contributed by atoms with Crippen molar-refractivity contribution in [2.75, 3.05) is 5.32 Å². The summed E-state index contributed by atoms with van der Waals surface area (Å²) in [6.45, 7) is 6.83. The molecule has 6 heteroatoms. The van der Waals surface area contributed by atoms with Gasteiger partial charge in [0, 0.05) is 23.9 Å². The van der Waals surface area contributed by atoms with Gasteiger partial charge in [0.05, 0.1) is 22.4 Å². The molecule has 112 valence electrons. The summed E-state index contributed by atoms with van der Waals surface area (Å²) in [7, 11) is 0. The Labute approximate surface area is 129 Å². The van der Waals surface area contributed by atoms with E-state index in [4.69, 9.17) is 17.3 Å². The summed E-state index contributed by atoms with van der Waals surface area (Å²) >= 11 is 6.11. The number of carbonyl (C=O) groups excluding carboxylic acids is 1. The van der Waals surface area contributed by atoms with E-state index in [0.29, 0.717) is 22.8 Å². The molecule has 1 aromatic heterocycles. The molecular formula is C15H19ClN4O. The van der Waals surface area contributed by atoms with Gasteiger partial charge in [-0.1, -0.05) is 11.6 Å². The lowest BCUT2D eigenvalue weighted by atomic mass is 10.1. The first-order valence-electron chi connectivity index (χ1n) is 6.64. The Kier molecular flexibility index (Phi) is 4.23. The highest BCUT2D eigenvalue weighted by atomic mass is 35.5. The Hall–Kier alpha value is -2.01. The number of hydrogen-bond donors (Lipinski definition) is 2. The molecule has 1 amide bonds. The van der Waals surface area contributed by atoms with Crippen molar-refractivity contribution >= 4 is 23.2 Å². The molecule has 0 fully saturated rings. The number of amides is 1. The second-order valence-corrected chi connectivity index (χ2v) is 6.28. The molecule has 5 nitrogen and oxygen atoms in total. The first-order valence-corrected chi connectivity index (χ1v) is 7.02. The number of carbonyl (C=O) groups is 1. The third kappa shape index (κ3) is 3.76. The zero-order valence-corrected chi connectivity index (χ0v) is 13.1. The zero-order chi connectivity index (χ0) is 15.6. The highest BCUT2D eigenvalue weighted by Gasteiger charge is 2.14. The molecule has 0 radical (unpaired) electrons. The maximum Gasteiger partial charge on any atom is 0.248 e. The molecule has 2 aromatic rings. The van der Waals surface area contributed by atoms with Crippen LogP contribution >= 0.6 is 11.6 Å². The number of halogens is 1. The molecule has 0 atom stereocenters. The highest BCUT2D eigenvalue weighted by Crippen LogP contribution is 2.23. The van der Waals surface area contributed by atoms with E-state index in [1.807, 2.05) is 17.1 Å². The molecule has 0 spiro atoms. The van der Waals surface area contributed by atoms with E-state index in [-0.39, 0.29) is 5.54 Å². The minimum atomic E-state index is -0.477. The van der Waals surface area contributed by atoms with Crippen LogP contribution in [0.3, 0.4) is 0 Å². The Balaban J connectivity index is 2.11. The molecule has 3 N–H and O–H groups in total. The van der Waals surface area contributed by atoms with E-state index in [1.165, 1.54) is 0 Å². The largest absolute Gasteiger partial charge is 0.380 e. The topological polar surface area (TPSA) is 72.9 Å². The second kappa shape index (κ2) is 5.77. The quantitative estimate of drug-likeness (QED) is 0.912. The van der Waals surface area contributed by atoms with Crippen LogP contribution in [0.25, 0.3) is 0 Å². The predicted molar refractivity (Wildman–Crippen MR) is 84.5 cm³/mol. The Bertz CT molecular complexity index is 658. The molecule has 0 aliphatic heterocycles. The number of hydrogen-bond acceptors (Lipinski definition) is 3. The highest BCUT2D eigenvalue weighted by molar-refractivity contribution is 6.33. The minimum absolute atomic E-state index is 0.0538. The number of nitrogens with one attached hydrogen (secondary N) is 1. The van der Waals surface area contributed by atoms with E-state index in [0.717, 1.165) is 5.56 Å². The SMILES string of the molecule is CC(C)(C)n1cc(CNc2cc(C(N)=O)ccc2Cl)cn1. The van der Waals surface area contributed by atoms with Gasteiger partial charge in [0.25, 0.3) is 0 Å². The van der Waals surface area contributed by atoms with Crippen LogP contribution in [0.2, 0.25) is 5.02 Å². The molecule has 21 heavy (non-hydrogen) atoms. The normalized spacial score (nSPS) is 11.4. The third-order valence-corrected chi connectivity index (χ3v) is 3.39. The van der Waals surface area contributed by atoms with Crippen LogP contribution in [0.15, 0.2) is 30.6 Å². The van der Waals surface area contributed by atoms with Gasteiger partial charge < -0.3 is 11.1 Å². The molecule has 2 rings (SSSR count). The first kappa shape index (κ1) is 15.4. The van der Waals surface area contributed by atoms with E-state index >= 15 is 0 Å². The van der Waals surface area contributed by atoms with Crippen LogP contribution < -0.4 is 11.1 Å². The molecule has 1 heterocycles. The molecule has 1 aromatic carbocycles. The first-order chi connectivity index (χ1) is 9.77. The maximum atomic E-state index is 11.2. The van der Waals surface area contributed by atoms with Crippen molar-refractivity contribution in [3.63, 3.8) is 0 Å². The van der Waals surface area contributed by atoms with Crippen molar-refractivity contribution in [2.45, 2.75) is 32.9 Å². The smallest absolute Gasteiger partial charge is 0.248 e. The Morgan fingerprint density at radius 1 is 1.43 bits per heavy atom. The van der Waals surface area contributed by atoms with E-state index in [9.17, 15) is 4.79 Å². The van der Waals surface area contributed by atoms with E-state index < -0.39 is 5.91 Å². The monoisotopic (exact) mass is 306 g/mol. The molecule has 0 aliphatic carbocycles. The zero-order valence-electron chi connectivity index (χ0n) is 12.4. The maximum absolute atomic E-state index is 11.2. The molecule has 0 bridgehead atoms. The molecular weight excluding hydrogens is 288 g/mol. The van der Waals surface area contributed by atoms with Gasteiger partial charge in [0.2, 0.25) is 5.91 Å². The summed E-state index contributed by atoms with van der Waals surface area (Å²) in [5, 5.41) is 8.08. The fourth-order valence-corrected chi connectivity index (χ4v) is 2.01. The van der Waals surface area contributed by atoms with Gasteiger partial charge in [0.15, 0.2) is 0 Å². The van der Waals surface area contributed by atoms with Gasteiger partial charge in [-0.25, -0.2) is 0 Å². The lowest BCUT2D eigenvalue weighted by Crippen LogP contribution is -2.22. The number of primary amides is 1.